The molecule has 0 saturated carbocycles. The van der Waals surface area contributed by atoms with Crippen LogP contribution in [0.2, 0.25) is 5.02 Å². The van der Waals surface area contributed by atoms with Crippen molar-refractivity contribution in [1.82, 2.24) is 5.32 Å². The number of rotatable bonds is 8. The van der Waals surface area contributed by atoms with Crippen molar-refractivity contribution in [2.75, 3.05) is 31.1 Å². The number of nitrogens with zero attached hydrogens (tertiary/aromatic N) is 1. The van der Waals surface area contributed by atoms with Gasteiger partial charge in [0.25, 0.3) is 15.9 Å². The van der Waals surface area contributed by atoms with Crippen LogP contribution in [0.15, 0.2) is 71.6 Å². The Morgan fingerprint density at radius 1 is 1.11 bits per heavy atom. The Bertz CT molecular complexity index is 1310. The van der Waals surface area contributed by atoms with Crippen LogP contribution >= 0.6 is 11.6 Å². The third-order valence-electron chi connectivity index (χ3n) is 5.42. The molecule has 1 aliphatic rings. The number of hydrogen-bond donors (Lipinski definition) is 1. The molecule has 1 atom stereocenters. The molecule has 3 aromatic carbocycles. The number of carbonyl (C=O) groups is 1. The highest BCUT2D eigenvalue weighted by Gasteiger charge is 2.37. The van der Waals surface area contributed by atoms with E-state index < -0.39 is 22.0 Å². The van der Waals surface area contributed by atoms with E-state index in [4.69, 9.17) is 25.8 Å². The number of benzene rings is 3. The fourth-order valence-electron chi connectivity index (χ4n) is 3.61. The largest absolute Gasteiger partial charge is 0.493 e. The van der Waals surface area contributed by atoms with E-state index in [0.29, 0.717) is 16.5 Å². The van der Waals surface area contributed by atoms with Crippen molar-refractivity contribution in [3.05, 3.63) is 77.3 Å². The van der Waals surface area contributed by atoms with E-state index >= 15 is 0 Å². The summed E-state index contributed by atoms with van der Waals surface area (Å²) in [6.45, 7) is 2.05. The first-order valence-corrected chi connectivity index (χ1v) is 12.7. The molecule has 4 rings (SSSR count). The van der Waals surface area contributed by atoms with Crippen LogP contribution in [0.25, 0.3) is 0 Å². The van der Waals surface area contributed by atoms with Gasteiger partial charge in [0.05, 0.1) is 30.8 Å². The summed E-state index contributed by atoms with van der Waals surface area (Å²) in [5.74, 6) is 0.932. The van der Waals surface area contributed by atoms with Gasteiger partial charge in [0.1, 0.15) is 12.4 Å². The minimum atomic E-state index is -3.97. The number of para-hydroxylation sites is 2. The van der Waals surface area contributed by atoms with E-state index in [2.05, 4.69) is 5.32 Å². The predicted octanol–water partition coefficient (Wildman–Crippen LogP) is 3.81. The lowest BCUT2D eigenvalue weighted by Gasteiger charge is -2.34. The van der Waals surface area contributed by atoms with Crippen LogP contribution < -0.4 is 23.8 Å². The van der Waals surface area contributed by atoms with Crippen molar-refractivity contribution in [3.63, 3.8) is 0 Å². The summed E-state index contributed by atoms with van der Waals surface area (Å²) in [5.41, 5.74) is 1.21. The molecule has 1 heterocycles. The summed E-state index contributed by atoms with van der Waals surface area (Å²) in [7, 11) is -2.42. The van der Waals surface area contributed by atoms with Crippen LogP contribution in [0.4, 0.5) is 5.69 Å². The number of fused-ring (bicyclic) bond motifs is 1. The fourth-order valence-corrected chi connectivity index (χ4v) is 5.25. The number of sulfonamides is 1. The van der Waals surface area contributed by atoms with Gasteiger partial charge in [-0.05, 0) is 49.4 Å². The molecular formula is C25H25ClN2O6S. The summed E-state index contributed by atoms with van der Waals surface area (Å²) < 4.78 is 44.9. The topological polar surface area (TPSA) is 94.2 Å². The van der Waals surface area contributed by atoms with E-state index in [9.17, 15) is 13.2 Å². The third kappa shape index (κ3) is 5.47. The van der Waals surface area contributed by atoms with E-state index in [0.717, 1.165) is 9.87 Å². The van der Waals surface area contributed by atoms with E-state index in [1.807, 2.05) is 19.1 Å². The summed E-state index contributed by atoms with van der Waals surface area (Å²) in [4.78, 5) is 13.0. The normalized spacial score (nSPS) is 15.1. The molecule has 0 aliphatic carbocycles. The molecule has 0 bridgehead atoms. The van der Waals surface area contributed by atoms with Crippen molar-refractivity contribution < 1.29 is 27.4 Å². The minimum Gasteiger partial charge on any atom is -0.493 e. The van der Waals surface area contributed by atoms with Gasteiger partial charge >= 0.3 is 0 Å². The Morgan fingerprint density at radius 2 is 1.83 bits per heavy atom. The van der Waals surface area contributed by atoms with Gasteiger partial charge in [0, 0.05) is 5.02 Å². The predicted molar refractivity (Wildman–Crippen MR) is 133 cm³/mol. The van der Waals surface area contributed by atoms with Crippen LogP contribution in [0.5, 0.6) is 17.2 Å². The monoisotopic (exact) mass is 516 g/mol. The zero-order valence-corrected chi connectivity index (χ0v) is 20.8. The van der Waals surface area contributed by atoms with E-state index in [1.165, 1.54) is 18.2 Å². The number of methoxy groups -OCH3 is 1. The molecule has 10 heteroatoms. The molecular weight excluding hydrogens is 492 g/mol. The molecule has 0 saturated heterocycles. The first-order chi connectivity index (χ1) is 16.8. The Balaban J connectivity index is 1.49. The molecule has 0 fully saturated rings. The second kappa shape index (κ2) is 10.5. The number of ether oxygens (including phenoxy) is 3. The standard InChI is InChI=1S/C25H25ClN2O6S/c1-17-7-10-19(11-8-17)35(30,31)28-16-24(34-21-12-9-18(26)15-20(21)28)25(29)27-13-14-33-23-6-4-3-5-22(23)32-2/h3-12,15,24H,13-14,16H2,1-2H3,(H,27,29)/t24-/m0/s1. The van der Waals surface area contributed by atoms with Crippen molar-refractivity contribution in [1.29, 1.82) is 0 Å². The average molecular weight is 517 g/mol. The third-order valence-corrected chi connectivity index (χ3v) is 7.45. The van der Waals surface area contributed by atoms with Crippen molar-refractivity contribution in [2.24, 2.45) is 0 Å². The molecule has 184 valence electrons. The van der Waals surface area contributed by atoms with Gasteiger partial charge in [-0.3, -0.25) is 9.10 Å². The Labute approximate surface area is 209 Å². The van der Waals surface area contributed by atoms with E-state index in [1.54, 1.807) is 43.5 Å². The van der Waals surface area contributed by atoms with Crippen LogP contribution in [0.3, 0.4) is 0 Å². The van der Waals surface area contributed by atoms with Gasteiger partial charge < -0.3 is 19.5 Å². The van der Waals surface area contributed by atoms with Gasteiger partial charge in [-0.2, -0.15) is 0 Å². The Kier molecular flexibility index (Phi) is 7.37. The number of anilines is 1. The Hall–Kier alpha value is -3.43. The van der Waals surface area contributed by atoms with Gasteiger partial charge in [0.15, 0.2) is 17.6 Å². The van der Waals surface area contributed by atoms with Crippen LogP contribution in [-0.4, -0.2) is 47.2 Å². The zero-order chi connectivity index (χ0) is 25.0. The van der Waals surface area contributed by atoms with Gasteiger partial charge in [0.2, 0.25) is 0 Å². The molecule has 1 amide bonds. The summed E-state index contributed by atoms with van der Waals surface area (Å²) in [5, 5.41) is 3.10. The number of hydrogen-bond acceptors (Lipinski definition) is 6. The van der Waals surface area contributed by atoms with E-state index in [-0.39, 0.29) is 36.0 Å². The smallest absolute Gasteiger partial charge is 0.264 e. The molecule has 35 heavy (non-hydrogen) atoms. The molecule has 8 nitrogen and oxygen atoms in total. The first-order valence-electron chi connectivity index (χ1n) is 10.9. The molecule has 3 aromatic rings. The lowest BCUT2D eigenvalue weighted by Crippen LogP contribution is -2.51. The van der Waals surface area contributed by atoms with Crippen LogP contribution in [0.1, 0.15) is 5.56 Å². The zero-order valence-electron chi connectivity index (χ0n) is 19.2. The molecule has 0 radical (unpaired) electrons. The maximum absolute atomic E-state index is 13.5. The fraction of sp³-hybridized carbons (Fsp3) is 0.240. The van der Waals surface area contributed by atoms with Crippen molar-refractivity contribution in [2.45, 2.75) is 17.9 Å². The number of nitrogens with one attached hydrogen (secondary N) is 1. The second-order valence-corrected chi connectivity index (χ2v) is 10.2. The average Bonchev–Trinajstić information content (AvgIpc) is 2.86. The van der Waals surface area contributed by atoms with Crippen LogP contribution in [-0.2, 0) is 14.8 Å². The molecule has 0 unspecified atom stereocenters. The van der Waals surface area contributed by atoms with Gasteiger partial charge in [-0.25, -0.2) is 8.42 Å². The number of amides is 1. The molecule has 1 N–H and O–H groups in total. The lowest BCUT2D eigenvalue weighted by atomic mass is 10.2. The highest BCUT2D eigenvalue weighted by Crippen LogP contribution is 2.39. The number of halogens is 1. The summed E-state index contributed by atoms with van der Waals surface area (Å²) >= 11 is 6.14. The van der Waals surface area contributed by atoms with Gasteiger partial charge in [-0.15, -0.1) is 0 Å². The minimum absolute atomic E-state index is 0.111. The summed E-state index contributed by atoms with van der Waals surface area (Å²) in [6, 6.07) is 18.3. The quantitative estimate of drug-likeness (QED) is 0.458. The second-order valence-electron chi connectivity index (χ2n) is 7.86. The lowest BCUT2D eigenvalue weighted by molar-refractivity contribution is -0.127. The van der Waals surface area contributed by atoms with Crippen LogP contribution in [0, 0.1) is 6.92 Å². The van der Waals surface area contributed by atoms with Crippen molar-refractivity contribution >= 4 is 33.2 Å². The van der Waals surface area contributed by atoms with Crippen molar-refractivity contribution in [3.8, 4) is 17.2 Å². The SMILES string of the molecule is COc1ccccc1OCCNC(=O)[C@@H]1CN(S(=O)(=O)c2ccc(C)cc2)c2cc(Cl)ccc2O1. The number of carbonyl (C=O) groups excluding carboxylic acids is 1. The molecule has 1 aliphatic heterocycles. The number of aryl methyl sites for hydroxylation is 1. The van der Waals surface area contributed by atoms with Gasteiger partial charge in [-0.1, -0.05) is 41.4 Å². The highest BCUT2D eigenvalue weighted by atomic mass is 35.5. The maximum Gasteiger partial charge on any atom is 0.264 e. The Morgan fingerprint density at radius 3 is 2.54 bits per heavy atom. The molecule has 0 spiro atoms. The highest BCUT2D eigenvalue weighted by molar-refractivity contribution is 7.92. The maximum atomic E-state index is 13.5. The summed E-state index contributed by atoms with van der Waals surface area (Å²) in [6.07, 6.45) is -1.06. The first kappa shape index (κ1) is 24.7. The molecule has 0 aromatic heterocycles.